The Hall–Kier alpha value is -0.860. The van der Waals surface area contributed by atoms with E-state index in [0.717, 1.165) is 19.3 Å². The van der Waals surface area contributed by atoms with E-state index in [2.05, 4.69) is 45.0 Å². The van der Waals surface area contributed by atoms with E-state index >= 15 is 0 Å². The molecule has 2 heteroatoms. The van der Waals surface area contributed by atoms with Crippen molar-refractivity contribution in [1.29, 1.82) is 0 Å². The van der Waals surface area contributed by atoms with E-state index in [9.17, 15) is 5.11 Å². The van der Waals surface area contributed by atoms with Crippen LogP contribution in [0.25, 0.3) is 0 Å². The molecule has 0 amide bonds. The molecule has 0 aliphatic heterocycles. The highest BCUT2D eigenvalue weighted by Gasteiger charge is 2.19. The predicted octanol–water partition coefficient (Wildman–Crippen LogP) is 3.35. The van der Waals surface area contributed by atoms with Crippen LogP contribution in [-0.2, 0) is 11.2 Å². The summed E-state index contributed by atoms with van der Waals surface area (Å²) in [6, 6.07) is 8.40. The van der Waals surface area contributed by atoms with Crippen LogP contribution in [0.2, 0.25) is 0 Å². The number of aliphatic hydroxyl groups is 1. The number of aliphatic hydroxyl groups excluding tert-OH is 1. The second kappa shape index (κ2) is 6.91. The molecule has 0 aromatic heterocycles. The van der Waals surface area contributed by atoms with Crippen LogP contribution >= 0.6 is 0 Å². The van der Waals surface area contributed by atoms with Gasteiger partial charge in [-0.2, -0.15) is 0 Å². The Bertz CT molecular complexity index is 358. The van der Waals surface area contributed by atoms with Gasteiger partial charge in [0.15, 0.2) is 0 Å². The van der Waals surface area contributed by atoms with E-state index < -0.39 is 0 Å². The number of aryl methyl sites for hydroxylation is 1. The number of ether oxygens (including phenoxy) is 1. The lowest BCUT2D eigenvalue weighted by molar-refractivity contribution is 0.00826. The van der Waals surface area contributed by atoms with Crippen LogP contribution in [0.4, 0.5) is 0 Å². The smallest absolute Gasteiger partial charge is 0.0622 e. The molecule has 0 fully saturated rings. The third kappa shape index (κ3) is 4.79. The maximum Gasteiger partial charge on any atom is 0.0622 e. The van der Waals surface area contributed by atoms with Gasteiger partial charge in [-0.1, -0.05) is 24.3 Å². The molecule has 0 heterocycles. The van der Waals surface area contributed by atoms with Gasteiger partial charge in [0.05, 0.1) is 5.60 Å². The van der Waals surface area contributed by atoms with Gasteiger partial charge in [0, 0.05) is 13.7 Å². The molecule has 1 unspecified atom stereocenters. The SMILES string of the molecule is COC(C)(C)CCC(CO)Cc1ccccc1C. The predicted molar refractivity (Wildman–Crippen MR) is 75.8 cm³/mol. The van der Waals surface area contributed by atoms with Gasteiger partial charge in [-0.15, -0.1) is 0 Å². The van der Waals surface area contributed by atoms with Crippen LogP contribution in [0.3, 0.4) is 0 Å². The van der Waals surface area contributed by atoms with Gasteiger partial charge in [-0.3, -0.25) is 0 Å². The first kappa shape index (κ1) is 15.2. The fourth-order valence-corrected chi connectivity index (χ4v) is 2.06. The van der Waals surface area contributed by atoms with Crippen molar-refractivity contribution in [3.05, 3.63) is 35.4 Å². The first-order valence-electron chi connectivity index (χ1n) is 6.69. The van der Waals surface area contributed by atoms with E-state index in [1.54, 1.807) is 7.11 Å². The Kier molecular flexibility index (Phi) is 5.83. The lowest BCUT2D eigenvalue weighted by atomic mass is 9.89. The van der Waals surface area contributed by atoms with Gasteiger partial charge in [-0.05, 0) is 57.1 Å². The third-order valence-corrected chi connectivity index (χ3v) is 3.74. The summed E-state index contributed by atoms with van der Waals surface area (Å²) < 4.78 is 5.42. The fraction of sp³-hybridized carbons (Fsp3) is 0.625. The molecule has 1 N–H and O–H groups in total. The minimum absolute atomic E-state index is 0.0981. The van der Waals surface area contributed by atoms with Gasteiger partial charge in [-0.25, -0.2) is 0 Å². The van der Waals surface area contributed by atoms with Crippen molar-refractivity contribution >= 4 is 0 Å². The first-order valence-corrected chi connectivity index (χ1v) is 6.69. The average molecular weight is 250 g/mol. The summed E-state index contributed by atoms with van der Waals surface area (Å²) in [4.78, 5) is 0. The van der Waals surface area contributed by atoms with E-state index in [1.807, 2.05) is 0 Å². The van der Waals surface area contributed by atoms with Gasteiger partial charge in [0.1, 0.15) is 0 Å². The zero-order chi connectivity index (χ0) is 13.6. The Morgan fingerprint density at radius 3 is 2.50 bits per heavy atom. The summed E-state index contributed by atoms with van der Waals surface area (Å²) in [6.45, 7) is 6.56. The molecule has 1 aromatic rings. The second-order valence-corrected chi connectivity index (χ2v) is 5.68. The van der Waals surface area contributed by atoms with Crippen molar-refractivity contribution in [2.45, 2.75) is 45.6 Å². The maximum atomic E-state index is 9.51. The van der Waals surface area contributed by atoms with Gasteiger partial charge in [0.25, 0.3) is 0 Å². The third-order valence-electron chi connectivity index (χ3n) is 3.74. The molecule has 0 aliphatic rings. The van der Waals surface area contributed by atoms with Crippen LogP contribution in [0.15, 0.2) is 24.3 Å². The van der Waals surface area contributed by atoms with Gasteiger partial charge in [0.2, 0.25) is 0 Å². The zero-order valence-corrected chi connectivity index (χ0v) is 12.1. The summed E-state index contributed by atoms with van der Waals surface area (Å²) >= 11 is 0. The van der Waals surface area contributed by atoms with Crippen LogP contribution in [0.1, 0.15) is 37.8 Å². The normalized spacial score (nSPS) is 13.6. The van der Waals surface area contributed by atoms with E-state index in [1.165, 1.54) is 11.1 Å². The highest BCUT2D eigenvalue weighted by Crippen LogP contribution is 2.22. The van der Waals surface area contributed by atoms with Crippen LogP contribution in [0, 0.1) is 12.8 Å². The molecule has 102 valence electrons. The number of methoxy groups -OCH3 is 1. The molecule has 1 atom stereocenters. The molecule has 0 radical (unpaired) electrons. The van der Waals surface area contributed by atoms with Crippen molar-refractivity contribution in [3.63, 3.8) is 0 Å². The summed E-state index contributed by atoms with van der Waals surface area (Å²) in [5, 5.41) is 9.51. The first-order chi connectivity index (χ1) is 8.48. The van der Waals surface area contributed by atoms with Crippen molar-refractivity contribution in [3.8, 4) is 0 Å². The molecule has 1 rings (SSSR count). The van der Waals surface area contributed by atoms with Crippen molar-refractivity contribution in [1.82, 2.24) is 0 Å². The molecule has 0 bridgehead atoms. The molecule has 18 heavy (non-hydrogen) atoms. The lowest BCUT2D eigenvalue weighted by Gasteiger charge is -2.25. The highest BCUT2D eigenvalue weighted by atomic mass is 16.5. The fourth-order valence-electron chi connectivity index (χ4n) is 2.06. The monoisotopic (exact) mass is 250 g/mol. The van der Waals surface area contributed by atoms with Gasteiger partial charge < -0.3 is 9.84 Å². The number of benzene rings is 1. The van der Waals surface area contributed by atoms with E-state index in [-0.39, 0.29) is 12.2 Å². The van der Waals surface area contributed by atoms with Crippen LogP contribution in [-0.4, -0.2) is 24.4 Å². The molecule has 0 spiro atoms. The molecular weight excluding hydrogens is 224 g/mol. The van der Waals surface area contributed by atoms with Crippen LogP contribution < -0.4 is 0 Å². The summed E-state index contributed by atoms with van der Waals surface area (Å²) in [5.41, 5.74) is 2.55. The molecule has 0 aliphatic carbocycles. The number of hydrogen-bond donors (Lipinski definition) is 1. The van der Waals surface area contributed by atoms with Crippen molar-refractivity contribution in [2.75, 3.05) is 13.7 Å². The largest absolute Gasteiger partial charge is 0.396 e. The Morgan fingerprint density at radius 1 is 1.28 bits per heavy atom. The quantitative estimate of drug-likeness (QED) is 0.804. The maximum absolute atomic E-state index is 9.51. The van der Waals surface area contributed by atoms with Crippen molar-refractivity contribution in [2.24, 2.45) is 5.92 Å². The average Bonchev–Trinajstić information content (AvgIpc) is 2.36. The van der Waals surface area contributed by atoms with Crippen LogP contribution in [0.5, 0.6) is 0 Å². The number of hydrogen-bond acceptors (Lipinski definition) is 2. The molecule has 1 aromatic carbocycles. The zero-order valence-electron chi connectivity index (χ0n) is 12.1. The number of rotatable bonds is 7. The molecule has 2 nitrogen and oxygen atoms in total. The highest BCUT2D eigenvalue weighted by molar-refractivity contribution is 5.25. The minimum atomic E-state index is -0.0981. The molecule has 0 saturated carbocycles. The lowest BCUT2D eigenvalue weighted by Crippen LogP contribution is -2.24. The Morgan fingerprint density at radius 2 is 1.94 bits per heavy atom. The molecule has 0 saturated heterocycles. The molecular formula is C16H26O2. The van der Waals surface area contributed by atoms with Gasteiger partial charge >= 0.3 is 0 Å². The van der Waals surface area contributed by atoms with E-state index in [4.69, 9.17) is 4.74 Å². The topological polar surface area (TPSA) is 29.5 Å². The Balaban J connectivity index is 2.55. The summed E-state index contributed by atoms with van der Waals surface area (Å²) in [6.07, 6.45) is 2.91. The Labute approximate surface area is 111 Å². The summed E-state index contributed by atoms with van der Waals surface area (Å²) in [7, 11) is 1.75. The van der Waals surface area contributed by atoms with E-state index in [0.29, 0.717) is 5.92 Å². The minimum Gasteiger partial charge on any atom is -0.396 e. The second-order valence-electron chi connectivity index (χ2n) is 5.68. The van der Waals surface area contributed by atoms with Crippen molar-refractivity contribution < 1.29 is 9.84 Å². The summed E-state index contributed by atoms with van der Waals surface area (Å²) in [5.74, 6) is 0.320. The standard InChI is InChI=1S/C16H26O2/c1-13-7-5-6-8-15(13)11-14(12-17)9-10-16(2,3)18-4/h5-8,14,17H,9-12H2,1-4H3.